The molecular formula is C21H27IO6. The van der Waals surface area contributed by atoms with E-state index in [-0.39, 0.29) is 13.6 Å². The van der Waals surface area contributed by atoms with Gasteiger partial charge < -0.3 is 28.4 Å². The molecule has 0 fully saturated rings. The minimum Gasteiger partial charge on any atom is -0.467 e. The van der Waals surface area contributed by atoms with Crippen LogP contribution in [0.5, 0.6) is 11.5 Å². The Morgan fingerprint density at radius 3 is 2.11 bits per heavy atom. The van der Waals surface area contributed by atoms with Crippen LogP contribution < -0.4 is 9.47 Å². The molecule has 0 heterocycles. The van der Waals surface area contributed by atoms with Crippen LogP contribution in [-0.2, 0) is 25.4 Å². The lowest BCUT2D eigenvalue weighted by atomic mass is 9.96. The Morgan fingerprint density at radius 1 is 0.786 bits per heavy atom. The first kappa shape index (κ1) is 22.9. The summed E-state index contributed by atoms with van der Waals surface area (Å²) in [5.74, 6) is 1.41. The number of ether oxygens (including phenoxy) is 6. The van der Waals surface area contributed by atoms with Crippen molar-refractivity contribution < 1.29 is 28.4 Å². The van der Waals surface area contributed by atoms with Gasteiger partial charge in [0.15, 0.2) is 13.6 Å². The molecule has 0 N–H and O–H groups in total. The van der Waals surface area contributed by atoms with Crippen LogP contribution in [0, 0.1) is 3.57 Å². The van der Waals surface area contributed by atoms with E-state index < -0.39 is 0 Å². The van der Waals surface area contributed by atoms with Crippen molar-refractivity contribution in [3.8, 4) is 22.6 Å². The molecule has 0 atom stereocenters. The monoisotopic (exact) mass is 502 g/mol. The molecule has 7 heteroatoms. The molecule has 6 nitrogen and oxygen atoms in total. The molecular weight excluding hydrogens is 475 g/mol. The fourth-order valence-corrected chi connectivity index (χ4v) is 3.55. The van der Waals surface area contributed by atoms with Crippen molar-refractivity contribution in [2.24, 2.45) is 0 Å². The molecule has 0 saturated heterocycles. The molecule has 0 aliphatic rings. The van der Waals surface area contributed by atoms with Gasteiger partial charge in [-0.25, -0.2) is 0 Å². The van der Waals surface area contributed by atoms with Gasteiger partial charge in [-0.3, -0.25) is 0 Å². The van der Waals surface area contributed by atoms with E-state index in [1.165, 1.54) is 0 Å². The average Bonchev–Trinajstić information content (AvgIpc) is 2.73. The van der Waals surface area contributed by atoms with Crippen LogP contribution in [0.2, 0.25) is 0 Å². The van der Waals surface area contributed by atoms with Crippen LogP contribution in [0.25, 0.3) is 11.1 Å². The number of hydrogen-bond donors (Lipinski definition) is 0. The number of rotatable bonds is 13. The van der Waals surface area contributed by atoms with E-state index in [9.17, 15) is 0 Å². The van der Waals surface area contributed by atoms with Crippen molar-refractivity contribution in [2.75, 3.05) is 54.7 Å². The molecule has 0 aliphatic carbocycles. The van der Waals surface area contributed by atoms with Crippen LogP contribution in [0.3, 0.4) is 0 Å². The van der Waals surface area contributed by atoms with Gasteiger partial charge in [-0.1, -0.05) is 30.3 Å². The van der Waals surface area contributed by atoms with Crippen molar-refractivity contribution in [1.29, 1.82) is 0 Å². The van der Waals surface area contributed by atoms with Gasteiger partial charge in [-0.2, -0.15) is 0 Å². The lowest BCUT2D eigenvalue weighted by Crippen LogP contribution is -2.10. The smallest absolute Gasteiger partial charge is 0.188 e. The van der Waals surface area contributed by atoms with Crippen LogP contribution in [-0.4, -0.2) is 54.7 Å². The van der Waals surface area contributed by atoms with E-state index in [0.717, 1.165) is 20.3 Å². The van der Waals surface area contributed by atoms with Crippen LogP contribution >= 0.6 is 22.6 Å². The number of methoxy groups -OCH3 is 3. The third-order valence-corrected chi connectivity index (χ3v) is 5.13. The van der Waals surface area contributed by atoms with Gasteiger partial charge in [-0.05, 0) is 40.1 Å². The highest BCUT2D eigenvalue weighted by Crippen LogP contribution is 2.41. The summed E-state index contributed by atoms with van der Waals surface area (Å²) in [7, 11) is 4.86. The van der Waals surface area contributed by atoms with Gasteiger partial charge in [-0.15, -0.1) is 0 Å². The predicted molar refractivity (Wildman–Crippen MR) is 116 cm³/mol. The molecule has 0 spiro atoms. The molecule has 0 unspecified atom stereocenters. The molecule has 0 radical (unpaired) electrons. The molecule has 0 aliphatic heterocycles. The average molecular weight is 502 g/mol. The maximum absolute atomic E-state index is 5.89. The lowest BCUT2D eigenvalue weighted by Gasteiger charge is -2.20. The van der Waals surface area contributed by atoms with Crippen molar-refractivity contribution in [3.63, 3.8) is 0 Å². The van der Waals surface area contributed by atoms with E-state index >= 15 is 0 Å². The first-order valence-corrected chi connectivity index (χ1v) is 10.0. The summed E-state index contributed by atoms with van der Waals surface area (Å²) in [6.07, 6.45) is 0.708. The molecule has 154 valence electrons. The second-order valence-electron chi connectivity index (χ2n) is 5.86. The van der Waals surface area contributed by atoms with E-state index in [1.807, 2.05) is 24.3 Å². The molecule has 0 amide bonds. The van der Waals surface area contributed by atoms with Gasteiger partial charge >= 0.3 is 0 Å². The number of hydrogen-bond acceptors (Lipinski definition) is 6. The maximum Gasteiger partial charge on any atom is 0.188 e. The zero-order valence-corrected chi connectivity index (χ0v) is 18.7. The van der Waals surface area contributed by atoms with E-state index in [0.29, 0.717) is 37.7 Å². The Labute approximate surface area is 180 Å². The summed E-state index contributed by atoms with van der Waals surface area (Å²) in [6, 6.07) is 12.0. The number of benzene rings is 2. The Morgan fingerprint density at radius 2 is 1.46 bits per heavy atom. The SMILES string of the molecule is COCCOCCc1c(I)c(OCOC)cc(OCOC)c1-c1ccccc1. The highest BCUT2D eigenvalue weighted by molar-refractivity contribution is 14.1. The molecule has 2 aromatic carbocycles. The molecule has 2 rings (SSSR count). The van der Waals surface area contributed by atoms with Crippen molar-refractivity contribution in [3.05, 3.63) is 45.5 Å². The maximum atomic E-state index is 5.89. The second kappa shape index (κ2) is 12.9. The van der Waals surface area contributed by atoms with E-state index in [4.69, 9.17) is 28.4 Å². The zero-order chi connectivity index (χ0) is 20.2. The van der Waals surface area contributed by atoms with Crippen molar-refractivity contribution >= 4 is 22.6 Å². The zero-order valence-electron chi connectivity index (χ0n) is 16.5. The summed E-state index contributed by atoms with van der Waals surface area (Å²) in [5, 5.41) is 0. The number of halogens is 1. The second-order valence-corrected chi connectivity index (χ2v) is 6.94. The van der Waals surface area contributed by atoms with Crippen LogP contribution in [0.1, 0.15) is 5.56 Å². The summed E-state index contributed by atoms with van der Waals surface area (Å²) in [4.78, 5) is 0. The molecule has 2 aromatic rings. The van der Waals surface area contributed by atoms with Crippen LogP contribution in [0.15, 0.2) is 36.4 Å². The van der Waals surface area contributed by atoms with Gasteiger partial charge in [0.1, 0.15) is 11.5 Å². The Hall–Kier alpha value is -1.39. The molecule has 0 aromatic heterocycles. The summed E-state index contributed by atoms with van der Waals surface area (Å²) >= 11 is 2.31. The summed E-state index contributed by atoms with van der Waals surface area (Å²) in [6.45, 7) is 2.00. The lowest BCUT2D eigenvalue weighted by molar-refractivity contribution is 0.0456. The molecule has 0 bridgehead atoms. The first-order chi connectivity index (χ1) is 13.7. The fourth-order valence-electron chi connectivity index (χ4n) is 2.70. The summed E-state index contributed by atoms with van der Waals surface area (Å²) in [5.41, 5.74) is 3.18. The fraction of sp³-hybridized carbons (Fsp3) is 0.429. The van der Waals surface area contributed by atoms with Gasteiger partial charge in [0.25, 0.3) is 0 Å². The van der Waals surface area contributed by atoms with E-state index in [1.54, 1.807) is 21.3 Å². The Kier molecular flexibility index (Phi) is 10.6. The third kappa shape index (κ3) is 6.59. The van der Waals surface area contributed by atoms with E-state index in [2.05, 4.69) is 34.7 Å². The normalized spacial score (nSPS) is 10.9. The summed E-state index contributed by atoms with van der Waals surface area (Å²) < 4.78 is 33.6. The first-order valence-electron chi connectivity index (χ1n) is 8.93. The third-order valence-electron chi connectivity index (χ3n) is 3.95. The largest absolute Gasteiger partial charge is 0.467 e. The topological polar surface area (TPSA) is 55.4 Å². The van der Waals surface area contributed by atoms with Gasteiger partial charge in [0.05, 0.1) is 23.4 Å². The predicted octanol–water partition coefficient (Wildman–Crippen LogP) is 4.13. The quantitative estimate of drug-likeness (QED) is 0.233. The van der Waals surface area contributed by atoms with Gasteiger partial charge in [0, 0.05) is 33.0 Å². The highest BCUT2D eigenvalue weighted by Gasteiger charge is 2.20. The highest BCUT2D eigenvalue weighted by atomic mass is 127. The molecule has 0 saturated carbocycles. The standard InChI is InChI=1S/C21H27IO6/c1-23-11-12-26-10-9-17-20(16-7-5-4-6-8-16)18(27-14-24-2)13-19(21(17)22)28-15-25-3/h4-8,13H,9-12,14-15H2,1-3H3. The minimum atomic E-state index is 0.147. The Balaban J connectivity index is 2.45. The Bertz CT molecular complexity index is 708. The van der Waals surface area contributed by atoms with Crippen molar-refractivity contribution in [2.45, 2.75) is 6.42 Å². The van der Waals surface area contributed by atoms with Gasteiger partial charge in [0.2, 0.25) is 0 Å². The minimum absolute atomic E-state index is 0.147. The van der Waals surface area contributed by atoms with Crippen molar-refractivity contribution in [1.82, 2.24) is 0 Å². The molecule has 28 heavy (non-hydrogen) atoms. The van der Waals surface area contributed by atoms with Crippen LogP contribution in [0.4, 0.5) is 0 Å².